The summed E-state index contributed by atoms with van der Waals surface area (Å²) in [5, 5.41) is 3.86. The van der Waals surface area contributed by atoms with E-state index in [-0.39, 0.29) is 11.9 Å². The zero-order valence-electron chi connectivity index (χ0n) is 11.2. The molecular weight excluding hydrogens is 351 g/mol. The number of thioether (sulfide) groups is 1. The largest absolute Gasteiger partial charge is 0.333 e. The van der Waals surface area contributed by atoms with Crippen LogP contribution >= 0.6 is 27.7 Å². The minimum atomic E-state index is -0.279. The lowest BCUT2D eigenvalue weighted by Crippen LogP contribution is -2.09. The number of aliphatic imine (C=N–C) groups is 1. The number of halogens is 2. The number of nitrogens with zero attached hydrogens (tertiary/aromatic N) is 1. The van der Waals surface area contributed by atoms with Gasteiger partial charge in [0.15, 0.2) is 5.17 Å². The van der Waals surface area contributed by atoms with Gasteiger partial charge in [0.25, 0.3) is 0 Å². The highest BCUT2D eigenvalue weighted by molar-refractivity contribution is 9.10. The standard InChI is InChI=1S/C16H14BrFN2S/c17-12-6-7-15(14(18)9-12)20-16-19-13(10-21-16)8-11-4-2-1-3-5-11/h1-7,9,13H,8,10H2,(H,19,20). The van der Waals surface area contributed by atoms with Crippen LogP contribution in [0.2, 0.25) is 0 Å². The Morgan fingerprint density at radius 3 is 2.81 bits per heavy atom. The van der Waals surface area contributed by atoms with Crippen molar-refractivity contribution in [3.8, 4) is 0 Å². The van der Waals surface area contributed by atoms with E-state index >= 15 is 0 Å². The summed E-state index contributed by atoms with van der Waals surface area (Å²) in [5.74, 6) is 0.647. The Hall–Kier alpha value is -1.33. The predicted octanol–water partition coefficient (Wildman–Crippen LogP) is 4.71. The van der Waals surface area contributed by atoms with Crippen molar-refractivity contribution in [2.75, 3.05) is 11.1 Å². The molecule has 1 N–H and O–H groups in total. The zero-order chi connectivity index (χ0) is 14.7. The first kappa shape index (κ1) is 14.6. The molecule has 1 atom stereocenters. The number of benzene rings is 2. The SMILES string of the molecule is Fc1cc(Br)ccc1NC1=NC(Cc2ccccc2)CS1. The molecule has 2 nitrogen and oxygen atoms in total. The molecule has 0 radical (unpaired) electrons. The van der Waals surface area contributed by atoms with Gasteiger partial charge in [0.1, 0.15) is 5.82 Å². The molecule has 0 fully saturated rings. The molecule has 3 rings (SSSR count). The smallest absolute Gasteiger partial charge is 0.161 e. The highest BCUT2D eigenvalue weighted by Crippen LogP contribution is 2.25. The second-order valence-corrected chi connectivity index (χ2v) is 6.76. The molecule has 0 bridgehead atoms. The van der Waals surface area contributed by atoms with Gasteiger partial charge in [-0.25, -0.2) is 4.39 Å². The molecule has 5 heteroatoms. The van der Waals surface area contributed by atoms with Crippen LogP contribution in [0.5, 0.6) is 0 Å². The second-order valence-electron chi connectivity index (χ2n) is 4.84. The topological polar surface area (TPSA) is 24.4 Å². The minimum absolute atomic E-state index is 0.249. The van der Waals surface area contributed by atoms with E-state index < -0.39 is 0 Å². The number of hydrogen-bond donors (Lipinski definition) is 1. The molecule has 0 saturated heterocycles. The number of rotatable bonds is 3. The third-order valence-electron chi connectivity index (χ3n) is 3.20. The van der Waals surface area contributed by atoms with E-state index in [9.17, 15) is 4.39 Å². The zero-order valence-corrected chi connectivity index (χ0v) is 13.6. The van der Waals surface area contributed by atoms with Crippen molar-refractivity contribution in [3.63, 3.8) is 0 Å². The van der Waals surface area contributed by atoms with Crippen LogP contribution in [0.15, 0.2) is 58.0 Å². The van der Waals surface area contributed by atoms with Crippen LogP contribution in [0.3, 0.4) is 0 Å². The van der Waals surface area contributed by atoms with Crippen LogP contribution in [-0.4, -0.2) is 17.0 Å². The number of anilines is 1. The van der Waals surface area contributed by atoms with Crippen molar-refractivity contribution in [1.29, 1.82) is 0 Å². The lowest BCUT2D eigenvalue weighted by Gasteiger charge is -2.06. The first-order valence-electron chi connectivity index (χ1n) is 6.67. The molecule has 0 spiro atoms. The predicted molar refractivity (Wildman–Crippen MR) is 91.5 cm³/mol. The summed E-state index contributed by atoms with van der Waals surface area (Å²) in [4.78, 5) is 4.63. The summed E-state index contributed by atoms with van der Waals surface area (Å²) in [7, 11) is 0. The van der Waals surface area contributed by atoms with Crippen LogP contribution in [0, 0.1) is 5.82 Å². The Morgan fingerprint density at radius 1 is 1.24 bits per heavy atom. The van der Waals surface area contributed by atoms with Gasteiger partial charge in [-0.15, -0.1) is 0 Å². The highest BCUT2D eigenvalue weighted by atomic mass is 79.9. The summed E-state index contributed by atoms with van der Waals surface area (Å²) in [6.45, 7) is 0. The molecule has 0 aliphatic carbocycles. The second kappa shape index (κ2) is 6.62. The molecule has 108 valence electrons. The van der Waals surface area contributed by atoms with Crippen molar-refractivity contribution in [2.45, 2.75) is 12.5 Å². The highest BCUT2D eigenvalue weighted by Gasteiger charge is 2.19. The summed E-state index contributed by atoms with van der Waals surface area (Å²) in [6, 6.07) is 15.5. The molecule has 2 aromatic rings. The molecule has 1 aliphatic rings. The lowest BCUT2D eigenvalue weighted by molar-refractivity contribution is 0.631. The van der Waals surface area contributed by atoms with E-state index in [1.54, 1.807) is 17.8 Å². The summed E-state index contributed by atoms with van der Waals surface area (Å²) >= 11 is 4.89. The average molecular weight is 365 g/mol. The first-order valence-corrected chi connectivity index (χ1v) is 8.45. The van der Waals surface area contributed by atoms with Crippen molar-refractivity contribution < 1.29 is 4.39 Å². The van der Waals surface area contributed by atoms with Crippen molar-refractivity contribution in [1.82, 2.24) is 0 Å². The Kier molecular flexibility index (Phi) is 4.60. The summed E-state index contributed by atoms with van der Waals surface area (Å²) in [5.41, 5.74) is 1.74. The molecule has 0 aromatic heterocycles. The summed E-state index contributed by atoms with van der Waals surface area (Å²) < 4.78 is 14.5. The maximum Gasteiger partial charge on any atom is 0.161 e. The lowest BCUT2D eigenvalue weighted by atomic mass is 10.1. The molecular formula is C16H14BrFN2S. The Labute approximate surface area is 136 Å². The average Bonchev–Trinajstić information content (AvgIpc) is 2.90. The van der Waals surface area contributed by atoms with Crippen molar-refractivity contribution >= 4 is 38.5 Å². The fourth-order valence-corrected chi connectivity index (χ4v) is 3.46. The van der Waals surface area contributed by atoms with E-state index in [0.717, 1.165) is 21.8 Å². The Morgan fingerprint density at radius 2 is 2.05 bits per heavy atom. The maximum absolute atomic E-state index is 13.8. The van der Waals surface area contributed by atoms with Crippen LogP contribution in [0.25, 0.3) is 0 Å². The minimum Gasteiger partial charge on any atom is -0.333 e. The molecule has 0 amide bonds. The summed E-state index contributed by atoms with van der Waals surface area (Å²) in [6.07, 6.45) is 0.918. The molecule has 1 heterocycles. The van der Waals surface area contributed by atoms with Crippen LogP contribution in [0.1, 0.15) is 5.56 Å². The molecule has 1 aliphatic heterocycles. The van der Waals surface area contributed by atoms with Gasteiger partial charge >= 0.3 is 0 Å². The molecule has 1 unspecified atom stereocenters. The molecule has 0 saturated carbocycles. The Bertz CT molecular complexity index is 661. The van der Waals surface area contributed by atoms with E-state index in [1.165, 1.54) is 11.6 Å². The van der Waals surface area contributed by atoms with Gasteiger partial charge < -0.3 is 5.32 Å². The normalized spacial score (nSPS) is 17.6. The number of hydrogen-bond acceptors (Lipinski definition) is 3. The van der Waals surface area contributed by atoms with Crippen molar-refractivity contribution in [2.24, 2.45) is 4.99 Å². The van der Waals surface area contributed by atoms with Gasteiger partial charge in [-0.1, -0.05) is 58.0 Å². The van der Waals surface area contributed by atoms with Crippen LogP contribution in [0.4, 0.5) is 10.1 Å². The van der Waals surface area contributed by atoms with E-state index in [4.69, 9.17) is 0 Å². The number of nitrogens with one attached hydrogen (secondary N) is 1. The third kappa shape index (κ3) is 3.86. The molecule has 21 heavy (non-hydrogen) atoms. The maximum atomic E-state index is 13.8. The van der Waals surface area contributed by atoms with Gasteiger partial charge in [-0.05, 0) is 30.2 Å². The van der Waals surface area contributed by atoms with Gasteiger partial charge in [-0.3, -0.25) is 4.99 Å². The van der Waals surface area contributed by atoms with Gasteiger partial charge in [0, 0.05) is 10.2 Å². The van der Waals surface area contributed by atoms with E-state index in [2.05, 4.69) is 38.4 Å². The van der Waals surface area contributed by atoms with E-state index in [0.29, 0.717) is 5.69 Å². The quantitative estimate of drug-likeness (QED) is 0.852. The fraction of sp³-hybridized carbons (Fsp3) is 0.188. The van der Waals surface area contributed by atoms with Gasteiger partial charge in [0.2, 0.25) is 0 Å². The first-order chi connectivity index (χ1) is 10.2. The van der Waals surface area contributed by atoms with Gasteiger partial charge in [-0.2, -0.15) is 0 Å². The Balaban J connectivity index is 1.66. The monoisotopic (exact) mass is 364 g/mol. The third-order valence-corrected chi connectivity index (χ3v) is 4.72. The van der Waals surface area contributed by atoms with Gasteiger partial charge in [0.05, 0.1) is 11.7 Å². The van der Waals surface area contributed by atoms with Crippen LogP contribution < -0.4 is 5.32 Å². The van der Waals surface area contributed by atoms with E-state index in [1.807, 2.05) is 24.3 Å². The van der Waals surface area contributed by atoms with Crippen LogP contribution in [-0.2, 0) is 6.42 Å². The fourth-order valence-electron chi connectivity index (χ4n) is 2.18. The van der Waals surface area contributed by atoms with Crippen molar-refractivity contribution in [3.05, 3.63) is 64.4 Å². The molecule has 2 aromatic carbocycles. The number of amidine groups is 1.